The van der Waals surface area contributed by atoms with Crippen molar-refractivity contribution in [2.45, 2.75) is 38.5 Å². The van der Waals surface area contributed by atoms with E-state index in [2.05, 4.69) is 9.97 Å². The van der Waals surface area contributed by atoms with Crippen molar-refractivity contribution in [3.8, 4) is 5.88 Å². The summed E-state index contributed by atoms with van der Waals surface area (Å²) in [6.45, 7) is 4.69. The third-order valence-corrected chi connectivity index (χ3v) is 6.07. The van der Waals surface area contributed by atoms with Gasteiger partial charge in [0.1, 0.15) is 11.9 Å². The van der Waals surface area contributed by atoms with Gasteiger partial charge in [0.2, 0.25) is 15.9 Å². The van der Waals surface area contributed by atoms with E-state index in [1.165, 1.54) is 0 Å². The number of hydrogen-bond donors (Lipinski definition) is 0. The fraction of sp³-hybridized carbons (Fsp3) is 0.444. The van der Waals surface area contributed by atoms with Crippen LogP contribution in [-0.4, -0.2) is 41.9 Å². The van der Waals surface area contributed by atoms with E-state index in [4.69, 9.17) is 4.74 Å². The Bertz CT molecular complexity index is 796. The maximum Gasteiger partial charge on any atom is 0.218 e. The van der Waals surface area contributed by atoms with Crippen molar-refractivity contribution < 1.29 is 13.2 Å². The summed E-state index contributed by atoms with van der Waals surface area (Å²) in [6, 6.07) is 11.1. The molecule has 1 fully saturated rings. The first-order valence-electron chi connectivity index (χ1n) is 8.43. The Morgan fingerprint density at radius 2 is 1.80 bits per heavy atom. The van der Waals surface area contributed by atoms with Gasteiger partial charge in [0.15, 0.2) is 0 Å². The van der Waals surface area contributed by atoms with Crippen LogP contribution in [0.4, 0.5) is 0 Å². The molecule has 25 heavy (non-hydrogen) atoms. The molecular weight excluding hydrogens is 338 g/mol. The molecule has 1 aliphatic heterocycles. The van der Waals surface area contributed by atoms with E-state index in [1.807, 2.05) is 50.2 Å². The number of ether oxygens (including phenoxy) is 1. The second-order valence-corrected chi connectivity index (χ2v) is 8.32. The molecule has 0 atom stereocenters. The van der Waals surface area contributed by atoms with Gasteiger partial charge in [0, 0.05) is 24.8 Å². The van der Waals surface area contributed by atoms with Crippen LogP contribution in [0, 0.1) is 13.8 Å². The summed E-state index contributed by atoms with van der Waals surface area (Å²) in [5.74, 6) is 1.29. The van der Waals surface area contributed by atoms with Gasteiger partial charge in [-0.25, -0.2) is 17.7 Å². The van der Waals surface area contributed by atoms with Crippen LogP contribution in [-0.2, 0) is 15.8 Å². The molecule has 0 amide bonds. The molecule has 1 aliphatic rings. The minimum atomic E-state index is -3.29. The summed E-state index contributed by atoms with van der Waals surface area (Å²) < 4.78 is 32.6. The normalized spacial score (nSPS) is 16.7. The standard InChI is InChI=1S/C18H23N3O3S/c1-14-12-18(20-15(2)19-14)24-17-8-10-21(11-9-17)25(22,23)13-16-6-4-3-5-7-16/h3-7,12,17H,8-11,13H2,1-2H3. The van der Waals surface area contributed by atoms with Crippen LogP contribution >= 0.6 is 0 Å². The van der Waals surface area contributed by atoms with E-state index in [0.29, 0.717) is 37.6 Å². The summed E-state index contributed by atoms with van der Waals surface area (Å²) in [4.78, 5) is 8.52. The van der Waals surface area contributed by atoms with E-state index in [0.717, 1.165) is 11.3 Å². The lowest BCUT2D eigenvalue weighted by atomic mass is 10.1. The van der Waals surface area contributed by atoms with Gasteiger partial charge in [-0.1, -0.05) is 30.3 Å². The van der Waals surface area contributed by atoms with Gasteiger partial charge in [-0.3, -0.25) is 0 Å². The number of aryl methyl sites for hydroxylation is 2. The Balaban J connectivity index is 1.57. The number of rotatable bonds is 5. The molecule has 1 aromatic carbocycles. The number of nitrogens with zero attached hydrogens (tertiary/aromatic N) is 3. The molecule has 2 aromatic rings. The van der Waals surface area contributed by atoms with Crippen molar-refractivity contribution in [3.05, 3.63) is 53.5 Å². The SMILES string of the molecule is Cc1cc(OC2CCN(S(=O)(=O)Cc3ccccc3)CC2)nc(C)n1. The zero-order valence-corrected chi connectivity index (χ0v) is 15.4. The first-order valence-corrected chi connectivity index (χ1v) is 10.0. The lowest BCUT2D eigenvalue weighted by Crippen LogP contribution is -2.42. The molecule has 0 spiro atoms. The highest BCUT2D eigenvalue weighted by molar-refractivity contribution is 7.88. The minimum Gasteiger partial charge on any atom is -0.474 e. The minimum absolute atomic E-state index is 0.0168. The average Bonchev–Trinajstić information content (AvgIpc) is 2.55. The van der Waals surface area contributed by atoms with Gasteiger partial charge in [-0.2, -0.15) is 4.98 Å². The molecule has 0 N–H and O–H groups in total. The van der Waals surface area contributed by atoms with Crippen LogP contribution in [0.3, 0.4) is 0 Å². The Hall–Kier alpha value is -1.99. The van der Waals surface area contributed by atoms with Gasteiger partial charge in [0.25, 0.3) is 0 Å². The Kier molecular flexibility index (Phi) is 5.34. The maximum absolute atomic E-state index is 12.6. The largest absolute Gasteiger partial charge is 0.474 e. The zero-order chi connectivity index (χ0) is 17.9. The molecule has 1 aromatic heterocycles. The van der Waals surface area contributed by atoms with E-state index < -0.39 is 10.0 Å². The molecule has 2 heterocycles. The summed E-state index contributed by atoms with van der Waals surface area (Å²) in [7, 11) is -3.29. The van der Waals surface area contributed by atoms with Crippen molar-refractivity contribution in [3.63, 3.8) is 0 Å². The monoisotopic (exact) mass is 361 g/mol. The highest BCUT2D eigenvalue weighted by Gasteiger charge is 2.29. The van der Waals surface area contributed by atoms with Crippen molar-refractivity contribution in [2.24, 2.45) is 0 Å². The lowest BCUT2D eigenvalue weighted by molar-refractivity contribution is 0.129. The quantitative estimate of drug-likeness (QED) is 0.818. The molecule has 6 nitrogen and oxygen atoms in total. The first-order chi connectivity index (χ1) is 11.9. The van der Waals surface area contributed by atoms with E-state index >= 15 is 0 Å². The summed E-state index contributed by atoms with van der Waals surface area (Å²) >= 11 is 0. The number of piperidine rings is 1. The number of hydrogen-bond acceptors (Lipinski definition) is 5. The van der Waals surface area contributed by atoms with E-state index in [1.54, 1.807) is 4.31 Å². The van der Waals surface area contributed by atoms with Crippen molar-refractivity contribution >= 4 is 10.0 Å². The Morgan fingerprint density at radius 3 is 2.44 bits per heavy atom. The van der Waals surface area contributed by atoms with Gasteiger partial charge >= 0.3 is 0 Å². The van der Waals surface area contributed by atoms with Crippen LogP contribution in [0.25, 0.3) is 0 Å². The van der Waals surface area contributed by atoms with Gasteiger partial charge in [-0.15, -0.1) is 0 Å². The Morgan fingerprint density at radius 1 is 1.12 bits per heavy atom. The molecule has 7 heteroatoms. The fourth-order valence-corrected chi connectivity index (χ4v) is 4.58. The second kappa shape index (κ2) is 7.49. The van der Waals surface area contributed by atoms with Crippen LogP contribution in [0.1, 0.15) is 29.9 Å². The van der Waals surface area contributed by atoms with Gasteiger partial charge in [0.05, 0.1) is 5.75 Å². The summed E-state index contributed by atoms with van der Waals surface area (Å²) in [5.41, 5.74) is 1.68. The highest BCUT2D eigenvalue weighted by atomic mass is 32.2. The van der Waals surface area contributed by atoms with Crippen molar-refractivity contribution in [2.75, 3.05) is 13.1 Å². The van der Waals surface area contributed by atoms with Crippen LogP contribution in [0.2, 0.25) is 0 Å². The number of benzene rings is 1. The van der Waals surface area contributed by atoms with Crippen LogP contribution in [0.15, 0.2) is 36.4 Å². The summed E-state index contributed by atoms with van der Waals surface area (Å²) in [6.07, 6.45) is 1.31. The molecule has 3 rings (SSSR count). The van der Waals surface area contributed by atoms with E-state index in [-0.39, 0.29) is 11.9 Å². The first kappa shape index (κ1) is 17.8. The van der Waals surface area contributed by atoms with Gasteiger partial charge < -0.3 is 4.74 Å². The zero-order valence-electron chi connectivity index (χ0n) is 14.6. The number of aromatic nitrogens is 2. The lowest BCUT2D eigenvalue weighted by Gasteiger charge is -2.31. The van der Waals surface area contributed by atoms with Crippen LogP contribution in [0.5, 0.6) is 5.88 Å². The summed E-state index contributed by atoms with van der Waals surface area (Å²) in [5, 5.41) is 0. The molecule has 0 radical (unpaired) electrons. The van der Waals surface area contributed by atoms with Gasteiger partial charge in [-0.05, 0) is 32.3 Å². The second-order valence-electron chi connectivity index (χ2n) is 6.35. The number of sulfonamides is 1. The molecule has 0 unspecified atom stereocenters. The molecule has 134 valence electrons. The maximum atomic E-state index is 12.6. The predicted octanol–water partition coefficient (Wildman–Crippen LogP) is 2.47. The molecule has 0 aliphatic carbocycles. The van der Waals surface area contributed by atoms with Crippen LogP contribution < -0.4 is 4.74 Å². The molecule has 0 saturated carbocycles. The highest BCUT2D eigenvalue weighted by Crippen LogP contribution is 2.21. The predicted molar refractivity (Wildman–Crippen MR) is 95.8 cm³/mol. The molecular formula is C18H23N3O3S. The molecule has 1 saturated heterocycles. The average molecular weight is 361 g/mol. The van der Waals surface area contributed by atoms with Crippen molar-refractivity contribution in [1.82, 2.24) is 14.3 Å². The topological polar surface area (TPSA) is 72.4 Å². The fourth-order valence-electron chi connectivity index (χ4n) is 3.02. The third kappa shape index (κ3) is 4.76. The Labute approximate surface area is 148 Å². The molecule has 0 bridgehead atoms. The van der Waals surface area contributed by atoms with E-state index in [9.17, 15) is 8.42 Å². The van der Waals surface area contributed by atoms with Crippen molar-refractivity contribution in [1.29, 1.82) is 0 Å². The smallest absolute Gasteiger partial charge is 0.218 e. The third-order valence-electron chi connectivity index (χ3n) is 4.22.